The molecule has 0 amide bonds. The molecule has 0 saturated carbocycles. The second-order valence-corrected chi connectivity index (χ2v) is 5.18. The van der Waals surface area contributed by atoms with Crippen molar-refractivity contribution in [1.82, 2.24) is 0 Å². The van der Waals surface area contributed by atoms with Gasteiger partial charge in [-0.05, 0) is 31.2 Å². The monoisotopic (exact) mass is 219 g/mol. The number of rotatable bonds is 2. The number of fused-ring (bicyclic) bond motifs is 1. The molecule has 1 aromatic rings. The molecule has 1 aliphatic rings. The van der Waals surface area contributed by atoms with Crippen molar-refractivity contribution in [3.8, 4) is 5.75 Å². The van der Waals surface area contributed by atoms with Crippen molar-refractivity contribution in [3.63, 3.8) is 0 Å². The van der Waals surface area contributed by atoms with Crippen molar-refractivity contribution in [3.05, 3.63) is 29.3 Å². The van der Waals surface area contributed by atoms with Gasteiger partial charge in [-0.2, -0.15) is 0 Å². The van der Waals surface area contributed by atoms with Gasteiger partial charge in [0.1, 0.15) is 5.75 Å². The summed E-state index contributed by atoms with van der Waals surface area (Å²) in [6.07, 6.45) is 2.22. The van der Waals surface area contributed by atoms with E-state index in [2.05, 4.69) is 39.0 Å². The first-order valence-corrected chi connectivity index (χ1v) is 6.07. The number of benzene rings is 1. The molecule has 1 atom stereocenters. The summed E-state index contributed by atoms with van der Waals surface area (Å²) in [5, 5.41) is 0. The lowest BCUT2D eigenvalue weighted by Crippen LogP contribution is -2.39. The number of hydrogen-bond donors (Lipinski definition) is 1. The normalized spacial score (nSPS) is 18.8. The topological polar surface area (TPSA) is 35.2 Å². The lowest BCUT2D eigenvalue weighted by Gasteiger charge is -2.33. The van der Waals surface area contributed by atoms with Crippen molar-refractivity contribution in [2.75, 3.05) is 6.61 Å². The zero-order valence-corrected chi connectivity index (χ0v) is 10.4. The second kappa shape index (κ2) is 4.10. The summed E-state index contributed by atoms with van der Waals surface area (Å²) < 4.78 is 5.81. The van der Waals surface area contributed by atoms with Crippen molar-refractivity contribution >= 4 is 0 Å². The lowest BCUT2D eigenvalue weighted by atomic mass is 9.81. The average molecular weight is 219 g/mol. The molecule has 1 unspecified atom stereocenters. The van der Waals surface area contributed by atoms with Crippen LogP contribution in [0.2, 0.25) is 0 Å². The molecule has 1 aromatic carbocycles. The molecule has 2 N–H and O–H groups in total. The van der Waals surface area contributed by atoms with E-state index < -0.39 is 0 Å². The van der Waals surface area contributed by atoms with Crippen LogP contribution in [0.3, 0.4) is 0 Å². The number of aryl methyl sites for hydroxylation is 1. The highest BCUT2D eigenvalue weighted by Crippen LogP contribution is 2.37. The van der Waals surface area contributed by atoms with Crippen molar-refractivity contribution in [1.29, 1.82) is 0 Å². The second-order valence-electron chi connectivity index (χ2n) is 5.18. The first-order valence-electron chi connectivity index (χ1n) is 6.07. The van der Waals surface area contributed by atoms with Crippen LogP contribution in [-0.4, -0.2) is 6.61 Å². The van der Waals surface area contributed by atoms with E-state index in [0.717, 1.165) is 30.8 Å². The minimum Gasteiger partial charge on any atom is -0.493 e. The van der Waals surface area contributed by atoms with Crippen LogP contribution in [0.5, 0.6) is 5.75 Å². The summed E-state index contributed by atoms with van der Waals surface area (Å²) in [5.41, 5.74) is 8.57. The Morgan fingerprint density at radius 3 is 2.81 bits per heavy atom. The van der Waals surface area contributed by atoms with E-state index in [-0.39, 0.29) is 5.54 Å². The highest BCUT2D eigenvalue weighted by molar-refractivity contribution is 5.46. The first-order chi connectivity index (χ1) is 7.53. The minimum absolute atomic E-state index is 0.317. The van der Waals surface area contributed by atoms with Crippen molar-refractivity contribution in [2.24, 2.45) is 11.7 Å². The van der Waals surface area contributed by atoms with Crippen LogP contribution in [0.25, 0.3) is 0 Å². The Hall–Kier alpha value is -1.02. The molecule has 0 fully saturated rings. The molecular weight excluding hydrogens is 198 g/mol. The van der Waals surface area contributed by atoms with E-state index >= 15 is 0 Å². The van der Waals surface area contributed by atoms with Crippen LogP contribution in [0.15, 0.2) is 18.2 Å². The van der Waals surface area contributed by atoms with Crippen LogP contribution in [0.4, 0.5) is 0 Å². The molecule has 0 spiro atoms. The Morgan fingerprint density at radius 1 is 1.38 bits per heavy atom. The molecule has 88 valence electrons. The van der Waals surface area contributed by atoms with Gasteiger partial charge in [-0.15, -0.1) is 0 Å². The van der Waals surface area contributed by atoms with Gasteiger partial charge in [0, 0.05) is 11.1 Å². The first kappa shape index (κ1) is 11.5. The van der Waals surface area contributed by atoms with Crippen LogP contribution in [0.1, 0.15) is 38.3 Å². The number of nitrogens with two attached hydrogens (primary N) is 1. The molecule has 2 heteroatoms. The summed E-state index contributed by atoms with van der Waals surface area (Å²) in [7, 11) is 0. The third-order valence-corrected chi connectivity index (χ3v) is 3.71. The fourth-order valence-corrected chi connectivity index (χ4v) is 2.12. The van der Waals surface area contributed by atoms with Gasteiger partial charge in [-0.3, -0.25) is 0 Å². The van der Waals surface area contributed by atoms with Crippen molar-refractivity contribution < 1.29 is 4.74 Å². The van der Waals surface area contributed by atoms with Gasteiger partial charge >= 0.3 is 0 Å². The molecule has 16 heavy (non-hydrogen) atoms. The molecule has 0 aliphatic carbocycles. The summed E-state index contributed by atoms with van der Waals surface area (Å²) in [6.45, 7) is 7.22. The maximum absolute atomic E-state index is 6.42. The Labute approximate surface area is 97.8 Å². The van der Waals surface area contributed by atoms with Gasteiger partial charge in [0.15, 0.2) is 0 Å². The average Bonchev–Trinajstić information content (AvgIpc) is 2.28. The van der Waals surface area contributed by atoms with Gasteiger partial charge in [0.25, 0.3) is 0 Å². The lowest BCUT2D eigenvalue weighted by molar-refractivity contribution is 0.266. The summed E-state index contributed by atoms with van der Waals surface area (Å²) in [6, 6.07) is 6.34. The van der Waals surface area contributed by atoms with Crippen LogP contribution in [0, 0.1) is 5.92 Å². The van der Waals surface area contributed by atoms with Gasteiger partial charge in [0.2, 0.25) is 0 Å². The summed E-state index contributed by atoms with van der Waals surface area (Å²) in [5.74, 6) is 1.43. The Bertz CT molecular complexity index is 382. The molecule has 0 aromatic heterocycles. The van der Waals surface area contributed by atoms with Crippen LogP contribution < -0.4 is 10.5 Å². The maximum atomic E-state index is 6.42. The maximum Gasteiger partial charge on any atom is 0.127 e. The van der Waals surface area contributed by atoms with E-state index in [0.29, 0.717) is 5.92 Å². The highest BCUT2D eigenvalue weighted by Gasteiger charge is 2.30. The third kappa shape index (κ3) is 1.82. The molecule has 0 bridgehead atoms. The molecule has 0 saturated heterocycles. The quantitative estimate of drug-likeness (QED) is 0.830. The van der Waals surface area contributed by atoms with E-state index in [4.69, 9.17) is 10.5 Å². The molecular formula is C14H21NO. The summed E-state index contributed by atoms with van der Waals surface area (Å²) in [4.78, 5) is 0. The van der Waals surface area contributed by atoms with E-state index in [9.17, 15) is 0 Å². The smallest absolute Gasteiger partial charge is 0.127 e. The standard InChI is InChI=1S/C14H21NO/c1-10(2)14(3,15)12-8-4-6-11-7-5-9-16-13(11)12/h4,6,8,10H,5,7,9,15H2,1-3H3. The minimum atomic E-state index is -0.317. The third-order valence-electron chi connectivity index (χ3n) is 3.71. The fraction of sp³-hybridized carbons (Fsp3) is 0.571. The van der Waals surface area contributed by atoms with Crippen molar-refractivity contribution in [2.45, 2.75) is 39.2 Å². The zero-order chi connectivity index (χ0) is 11.8. The molecule has 2 rings (SSSR count). The number of para-hydroxylation sites is 1. The largest absolute Gasteiger partial charge is 0.493 e. The summed E-state index contributed by atoms with van der Waals surface area (Å²) >= 11 is 0. The zero-order valence-electron chi connectivity index (χ0n) is 10.4. The van der Waals surface area contributed by atoms with E-state index in [1.807, 2.05) is 0 Å². The Morgan fingerprint density at radius 2 is 2.12 bits per heavy atom. The number of hydrogen-bond acceptors (Lipinski definition) is 2. The molecule has 0 radical (unpaired) electrons. The molecule has 2 nitrogen and oxygen atoms in total. The Kier molecular flexibility index (Phi) is 2.94. The van der Waals surface area contributed by atoms with Crippen LogP contribution in [-0.2, 0) is 12.0 Å². The SMILES string of the molecule is CC(C)C(C)(N)c1cccc2c1OCCC2. The number of ether oxygens (including phenoxy) is 1. The predicted molar refractivity (Wildman–Crippen MR) is 66.6 cm³/mol. The molecule has 1 aliphatic heterocycles. The van der Waals surface area contributed by atoms with E-state index in [1.54, 1.807) is 0 Å². The van der Waals surface area contributed by atoms with Gasteiger partial charge < -0.3 is 10.5 Å². The highest BCUT2D eigenvalue weighted by atomic mass is 16.5. The van der Waals surface area contributed by atoms with Gasteiger partial charge in [-0.1, -0.05) is 32.0 Å². The van der Waals surface area contributed by atoms with Crippen LogP contribution >= 0.6 is 0 Å². The van der Waals surface area contributed by atoms with E-state index in [1.165, 1.54) is 5.56 Å². The fourth-order valence-electron chi connectivity index (χ4n) is 2.12. The Balaban J connectivity index is 2.49. The van der Waals surface area contributed by atoms with Gasteiger partial charge in [0.05, 0.1) is 6.61 Å². The molecule has 1 heterocycles. The van der Waals surface area contributed by atoms with Gasteiger partial charge in [-0.25, -0.2) is 0 Å². The predicted octanol–water partition coefficient (Wildman–Crippen LogP) is 2.84.